The van der Waals surface area contributed by atoms with Gasteiger partial charge >= 0.3 is 5.97 Å². The fraction of sp³-hybridized carbons (Fsp3) is 0.389. The highest BCUT2D eigenvalue weighted by atomic mass is 32.1. The van der Waals surface area contributed by atoms with Crippen LogP contribution in [0.3, 0.4) is 0 Å². The van der Waals surface area contributed by atoms with E-state index in [9.17, 15) is 9.59 Å². The number of aromatic nitrogens is 1. The molecule has 130 valence electrons. The molecule has 0 aliphatic carbocycles. The Hall–Kier alpha value is -2.41. The van der Waals surface area contributed by atoms with Crippen LogP contribution in [0.5, 0.6) is 0 Å². The van der Waals surface area contributed by atoms with Crippen molar-refractivity contribution >= 4 is 28.3 Å². The molecule has 1 fully saturated rings. The highest BCUT2D eigenvalue weighted by Gasteiger charge is 2.45. The van der Waals surface area contributed by atoms with Gasteiger partial charge in [-0.1, -0.05) is 18.2 Å². The van der Waals surface area contributed by atoms with Crippen molar-refractivity contribution in [1.29, 1.82) is 0 Å². The Balaban J connectivity index is 1.47. The fourth-order valence-electron chi connectivity index (χ4n) is 3.46. The average Bonchev–Trinajstić information content (AvgIpc) is 3.16. The highest BCUT2D eigenvalue weighted by Crippen LogP contribution is 2.30. The van der Waals surface area contributed by atoms with Gasteiger partial charge in [0, 0.05) is 44.2 Å². The lowest BCUT2D eigenvalue weighted by Gasteiger charge is -2.40. The number of ether oxygens (including phenoxy) is 1. The molecule has 3 heterocycles. The van der Waals surface area contributed by atoms with Crippen LogP contribution in [0.2, 0.25) is 0 Å². The topological polar surface area (TPSA) is 62.7 Å². The smallest absolute Gasteiger partial charge is 0.339 e. The van der Waals surface area contributed by atoms with E-state index in [4.69, 9.17) is 4.74 Å². The summed E-state index contributed by atoms with van der Waals surface area (Å²) in [6.07, 6.45) is 2.21. The van der Waals surface area contributed by atoms with E-state index in [1.165, 1.54) is 0 Å². The Labute approximate surface area is 150 Å². The zero-order valence-electron chi connectivity index (χ0n) is 14.0. The maximum absolute atomic E-state index is 13.0. The van der Waals surface area contributed by atoms with Crippen LogP contribution in [-0.2, 0) is 16.0 Å². The summed E-state index contributed by atoms with van der Waals surface area (Å²) in [5.41, 5.74) is 0.298. The summed E-state index contributed by atoms with van der Waals surface area (Å²) in [5, 5.41) is 2.93. The maximum Gasteiger partial charge on any atom is 0.339 e. The van der Waals surface area contributed by atoms with Crippen molar-refractivity contribution in [2.45, 2.75) is 18.9 Å². The first kappa shape index (κ1) is 16.1. The Morgan fingerprint density at radius 2 is 2.00 bits per heavy atom. The van der Waals surface area contributed by atoms with Crippen LogP contribution < -0.4 is 4.90 Å². The number of benzene rings is 1. The molecular weight excluding hydrogens is 338 g/mol. The summed E-state index contributed by atoms with van der Waals surface area (Å²) in [4.78, 5) is 33.6. The molecule has 0 N–H and O–H groups in total. The Kier molecular flexibility index (Phi) is 3.95. The summed E-state index contributed by atoms with van der Waals surface area (Å²) in [7, 11) is 0. The zero-order chi connectivity index (χ0) is 17.4. The van der Waals surface area contributed by atoms with Crippen LogP contribution >= 0.6 is 11.3 Å². The van der Waals surface area contributed by atoms with Gasteiger partial charge in [-0.05, 0) is 18.6 Å². The van der Waals surface area contributed by atoms with Crippen molar-refractivity contribution in [3.8, 4) is 0 Å². The summed E-state index contributed by atoms with van der Waals surface area (Å²) in [5.74, 6) is -0.534. The molecular formula is C18H19N3O3S. The molecule has 0 bridgehead atoms. The largest absolute Gasteiger partial charge is 0.445 e. The normalized spacial score (nSPS) is 23.2. The summed E-state index contributed by atoms with van der Waals surface area (Å²) >= 11 is 1.60. The first-order valence-electron chi connectivity index (χ1n) is 8.32. The number of anilines is 1. The minimum atomic E-state index is -1.13. The van der Waals surface area contributed by atoms with E-state index in [1.54, 1.807) is 35.4 Å². The summed E-state index contributed by atoms with van der Waals surface area (Å²) in [6.45, 7) is 4.40. The van der Waals surface area contributed by atoms with Crippen molar-refractivity contribution in [2.75, 3.05) is 31.1 Å². The van der Waals surface area contributed by atoms with Crippen molar-refractivity contribution in [3.05, 3.63) is 47.0 Å². The lowest BCUT2D eigenvalue weighted by atomic mass is 9.88. The molecule has 2 aliphatic rings. The van der Waals surface area contributed by atoms with E-state index in [1.807, 2.05) is 23.6 Å². The molecule has 0 unspecified atom stereocenters. The lowest BCUT2D eigenvalue weighted by Crippen LogP contribution is -2.58. The van der Waals surface area contributed by atoms with Gasteiger partial charge in [0.1, 0.15) is 0 Å². The molecule has 7 heteroatoms. The first-order valence-corrected chi connectivity index (χ1v) is 9.20. The molecule has 1 saturated heterocycles. The standard InChI is InChI=1S/C18H19N3O3S/c1-18(12-13-4-2-3-5-14(13)15(22)24-18)16(23)20-7-9-21(10-8-20)17-19-6-11-25-17/h2-6,11H,7-10,12H2,1H3/t18-/m0/s1. The minimum absolute atomic E-state index is 0.117. The van der Waals surface area contributed by atoms with Crippen LogP contribution in [0.15, 0.2) is 35.8 Å². The second kappa shape index (κ2) is 6.15. The third-order valence-electron chi connectivity index (χ3n) is 4.79. The highest BCUT2D eigenvalue weighted by molar-refractivity contribution is 7.13. The van der Waals surface area contributed by atoms with E-state index in [0.29, 0.717) is 25.1 Å². The number of carbonyl (C=O) groups excluding carboxylic acids is 2. The predicted molar refractivity (Wildman–Crippen MR) is 94.9 cm³/mol. The maximum atomic E-state index is 13.0. The Bertz CT molecular complexity index is 800. The van der Waals surface area contributed by atoms with Gasteiger partial charge in [-0.3, -0.25) is 4.79 Å². The third-order valence-corrected chi connectivity index (χ3v) is 5.62. The minimum Gasteiger partial charge on any atom is -0.445 e. The number of amides is 1. The summed E-state index contributed by atoms with van der Waals surface area (Å²) in [6, 6.07) is 7.33. The molecule has 6 nitrogen and oxygen atoms in total. The van der Waals surface area contributed by atoms with Gasteiger partial charge in [0.25, 0.3) is 5.91 Å². The number of thiazole rings is 1. The second-order valence-electron chi connectivity index (χ2n) is 6.55. The molecule has 0 spiro atoms. The third kappa shape index (κ3) is 2.89. The predicted octanol–water partition coefficient (Wildman–Crippen LogP) is 1.96. The van der Waals surface area contributed by atoms with E-state index < -0.39 is 11.6 Å². The lowest BCUT2D eigenvalue weighted by molar-refractivity contribution is -0.151. The van der Waals surface area contributed by atoms with Crippen molar-refractivity contribution in [2.24, 2.45) is 0 Å². The SMILES string of the molecule is C[C@@]1(C(=O)N2CCN(c3nccs3)CC2)Cc2ccccc2C(=O)O1. The molecule has 0 saturated carbocycles. The van der Waals surface area contributed by atoms with Gasteiger partial charge in [0.05, 0.1) is 5.56 Å². The van der Waals surface area contributed by atoms with E-state index in [0.717, 1.165) is 23.8 Å². The number of carbonyl (C=O) groups is 2. The molecule has 1 aromatic carbocycles. The average molecular weight is 357 g/mol. The number of nitrogens with zero attached hydrogens (tertiary/aromatic N) is 3. The molecule has 4 rings (SSSR count). The summed E-state index contributed by atoms with van der Waals surface area (Å²) < 4.78 is 5.56. The zero-order valence-corrected chi connectivity index (χ0v) is 14.8. The van der Waals surface area contributed by atoms with Gasteiger partial charge in [0.15, 0.2) is 10.7 Å². The fourth-order valence-corrected chi connectivity index (χ4v) is 4.16. The van der Waals surface area contributed by atoms with Crippen LogP contribution in [0, 0.1) is 0 Å². The van der Waals surface area contributed by atoms with Gasteiger partial charge < -0.3 is 14.5 Å². The van der Waals surface area contributed by atoms with Gasteiger partial charge in [0.2, 0.25) is 0 Å². The Morgan fingerprint density at radius 1 is 1.24 bits per heavy atom. The van der Waals surface area contributed by atoms with Crippen LogP contribution in [0.1, 0.15) is 22.8 Å². The van der Waals surface area contributed by atoms with Crippen molar-refractivity contribution in [1.82, 2.24) is 9.88 Å². The van der Waals surface area contributed by atoms with Gasteiger partial charge in [-0.2, -0.15) is 0 Å². The Morgan fingerprint density at radius 3 is 2.72 bits per heavy atom. The second-order valence-corrected chi connectivity index (χ2v) is 7.42. The molecule has 1 amide bonds. The van der Waals surface area contributed by atoms with Crippen LogP contribution in [-0.4, -0.2) is 53.5 Å². The number of rotatable bonds is 2. The van der Waals surface area contributed by atoms with E-state index >= 15 is 0 Å². The first-order chi connectivity index (χ1) is 12.1. The van der Waals surface area contributed by atoms with Crippen LogP contribution in [0.4, 0.5) is 5.13 Å². The quantitative estimate of drug-likeness (QED) is 0.769. The number of piperazine rings is 1. The molecule has 2 aliphatic heterocycles. The molecule has 0 radical (unpaired) electrons. The van der Waals surface area contributed by atoms with Crippen molar-refractivity contribution in [3.63, 3.8) is 0 Å². The monoisotopic (exact) mass is 357 g/mol. The molecule has 1 aromatic heterocycles. The van der Waals surface area contributed by atoms with Gasteiger partial charge in [-0.25, -0.2) is 9.78 Å². The molecule has 2 aromatic rings. The van der Waals surface area contributed by atoms with Crippen molar-refractivity contribution < 1.29 is 14.3 Å². The number of hydrogen-bond donors (Lipinski definition) is 0. The molecule has 1 atom stereocenters. The number of esters is 1. The van der Waals surface area contributed by atoms with E-state index in [-0.39, 0.29) is 5.91 Å². The van der Waals surface area contributed by atoms with Crippen LogP contribution in [0.25, 0.3) is 0 Å². The number of cyclic esters (lactones) is 1. The van der Waals surface area contributed by atoms with E-state index in [2.05, 4.69) is 9.88 Å². The number of hydrogen-bond acceptors (Lipinski definition) is 6. The van der Waals surface area contributed by atoms with Gasteiger partial charge in [-0.15, -0.1) is 11.3 Å². The number of fused-ring (bicyclic) bond motifs is 1. The molecule has 25 heavy (non-hydrogen) atoms.